The van der Waals surface area contributed by atoms with Gasteiger partial charge in [-0.2, -0.15) is 0 Å². The van der Waals surface area contributed by atoms with Gasteiger partial charge in [0.1, 0.15) is 5.75 Å². The number of nitrogen functional groups attached to an aromatic ring is 1. The molecule has 102 valence electrons. The number of rotatable bonds is 8. The summed E-state index contributed by atoms with van der Waals surface area (Å²) in [6, 6.07) is 5.78. The Balaban J connectivity index is 2.37. The van der Waals surface area contributed by atoms with Crippen LogP contribution in [0.3, 0.4) is 0 Å². The molecule has 0 atom stereocenters. The number of benzene rings is 1. The monoisotopic (exact) mass is 251 g/mol. The second-order valence-corrected chi connectivity index (χ2v) is 4.66. The maximum atomic E-state index is 5.83. The van der Waals surface area contributed by atoms with Crippen molar-refractivity contribution in [3.8, 4) is 5.75 Å². The van der Waals surface area contributed by atoms with Gasteiger partial charge < -0.3 is 20.7 Å². The van der Waals surface area contributed by atoms with Gasteiger partial charge in [0.2, 0.25) is 0 Å². The number of unbranched alkanes of at least 4 members (excludes halogenated alkanes) is 1. The van der Waals surface area contributed by atoms with Crippen LogP contribution >= 0.6 is 0 Å². The lowest BCUT2D eigenvalue weighted by molar-refractivity contribution is 0.340. The molecule has 0 saturated carbocycles. The van der Waals surface area contributed by atoms with Crippen LogP contribution in [0, 0.1) is 0 Å². The lowest BCUT2D eigenvalue weighted by Crippen LogP contribution is -2.14. The first-order chi connectivity index (χ1) is 8.61. The first kappa shape index (κ1) is 14.6. The van der Waals surface area contributed by atoms with Crippen LogP contribution in [0.2, 0.25) is 0 Å². The molecule has 18 heavy (non-hydrogen) atoms. The van der Waals surface area contributed by atoms with E-state index in [0.29, 0.717) is 6.61 Å². The predicted molar refractivity (Wildman–Crippen MR) is 78.3 cm³/mol. The van der Waals surface area contributed by atoms with Gasteiger partial charge in [0.15, 0.2) is 0 Å². The summed E-state index contributed by atoms with van der Waals surface area (Å²) in [5.41, 5.74) is 7.60. The fourth-order valence-electron chi connectivity index (χ4n) is 1.76. The molecule has 0 saturated heterocycles. The standard InChI is InChI=1S/C14H25N3O/c1-4-18-14-10-12(15)9-13(11-14)16-7-5-6-8-17(2)3/h9-11,16H,4-8,15H2,1-3H3. The molecule has 0 aliphatic rings. The summed E-state index contributed by atoms with van der Waals surface area (Å²) in [4.78, 5) is 2.20. The molecule has 0 amide bonds. The lowest BCUT2D eigenvalue weighted by Gasteiger charge is -2.12. The van der Waals surface area contributed by atoms with Gasteiger partial charge in [0.25, 0.3) is 0 Å². The van der Waals surface area contributed by atoms with Gasteiger partial charge in [-0.15, -0.1) is 0 Å². The average Bonchev–Trinajstić information content (AvgIpc) is 2.28. The van der Waals surface area contributed by atoms with Gasteiger partial charge in [0, 0.05) is 30.1 Å². The Bertz CT molecular complexity index is 353. The van der Waals surface area contributed by atoms with Crippen molar-refractivity contribution in [3.05, 3.63) is 18.2 Å². The topological polar surface area (TPSA) is 50.5 Å². The van der Waals surface area contributed by atoms with Gasteiger partial charge in [-0.3, -0.25) is 0 Å². The van der Waals surface area contributed by atoms with Gasteiger partial charge in [0.05, 0.1) is 6.61 Å². The molecule has 0 unspecified atom stereocenters. The minimum Gasteiger partial charge on any atom is -0.494 e. The number of nitrogens with one attached hydrogen (secondary N) is 1. The van der Waals surface area contributed by atoms with Gasteiger partial charge in [-0.1, -0.05) is 0 Å². The summed E-state index contributed by atoms with van der Waals surface area (Å²) in [5, 5.41) is 3.38. The maximum Gasteiger partial charge on any atom is 0.123 e. The average molecular weight is 251 g/mol. The van der Waals surface area contributed by atoms with Crippen molar-refractivity contribution < 1.29 is 4.74 Å². The fraction of sp³-hybridized carbons (Fsp3) is 0.571. The van der Waals surface area contributed by atoms with E-state index in [1.165, 1.54) is 6.42 Å². The molecule has 0 radical (unpaired) electrons. The highest BCUT2D eigenvalue weighted by molar-refractivity contribution is 5.59. The molecule has 4 heteroatoms. The van der Waals surface area contributed by atoms with E-state index in [1.807, 2.05) is 25.1 Å². The highest BCUT2D eigenvalue weighted by Gasteiger charge is 1.99. The van der Waals surface area contributed by atoms with E-state index in [2.05, 4.69) is 24.3 Å². The van der Waals surface area contributed by atoms with Crippen LogP contribution in [0.25, 0.3) is 0 Å². The molecule has 0 bridgehead atoms. The highest BCUT2D eigenvalue weighted by Crippen LogP contribution is 2.22. The number of nitrogens with two attached hydrogens (primary N) is 1. The molecule has 1 aromatic rings. The molecular weight excluding hydrogens is 226 g/mol. The highest BCUT2D eigenvalue weighted by atomic mass is 16.5. The summed E-state index contributed by atoms with van der Waals surface area (Å²) >= 11 is 0. The maximum absolute atomic E-state index is 5.83. The van der Waals surface area contributed by atoms with E-state index in [9.17, 15) is 0 Å². The van der Waals surface area contributed by atoms with Crippen molar-refractivity contribution in [3.63, 3.8) is 0 Å². The smallest absolute Gasteiger partial charge is 0.123 e. The molecule has 3 N–H and O–H groups in total. The van der Waals surface area contributed by atoms with Crippen molar-refractivity contribution in [1.29, 1.82) is 0 Å². The first-order valence-electron chi connectivity index (χ1n) is 6.53. The van der Waals surface area contributed by atoms with E-state index < -0.39 is 0 Å². The van der Waals surface area contributed by atoms with Crippen LogP contribution in [0.1, 0.15) is 19.8 Å². The minimum atomic E-state index is 0.658. The number of ether oxygens (including phenoxy) is 1. The van der Waals surface area contributed by atoms with Crippen LogP contribution in [0.5, 0.6) is 5.75 Å². The van der Waals surface area contributed by atoms with E-state index in [4.69, 9.17) is 10.5 Å². The van der Waals surface area contributed by atoms with Crippen molar-refractivity contribution in [1.82, 2.24) is 4.90 Å². The summed E-state index contributed by atoms with van der Waals surface area (Å²) in [5.74, 6) is 0.827. The van der Waals surface area contributed by atoms with E-state index in [-0.39, 0.29) is 0 Å². The quantitative estimate of drug-likeness (QED) is 0.550. The molecule has 0 aliphatic heterocycles. The SMILES string of the molecule is CCOc1cc(N)cc(NCCCCN(C)C)c1. The minimum absolute atomic E-state index is 0.658. The van der Waals surface area contributed by atoms with Crippen molar-refractivity contribution in [2.24, 2.45) is 0 Å². The third-order valence-electron chi connectivity index (χ3n) is 2.60. The van der Waals surface area contributed by atoms with Crippen LogP contribution in [-0.4, -0.2) is 38.7 Å². The van der Waals surface area contributed by atoms with Gasteiger partial charge in [-0.25, -0.2) is 0 Å². The first-order valence-corrected chi connectivity index (χ1v) is 6.53. The second kappa shape index (κ2) is 7.82. The molecule has 0 aromatic heterocycles. The fourth-order valence-corrected chi connectivity index (χ4v) is 1.76. The summed E-state index contributed by atoms with van der Waals surface area (Å²) < 4.78 is 5.46. The zero-order valence-electron chi connectivity index (χ0n) is 11.7. The largest absolute Gasteiger partial charge is 0.494 e. The summed E-state index contributed by atoms with van der Waals surface area (Å²) in [7, 11) is 4.19. The number of anilines is 2. The zero-order chi connectivity index (χ0) is 13.4. The molecule has 4 nitrogen and oxygen atoms in total. The van der Waals surface area contributed by atoms with E-state index in [1.54, 1.807) is 0 Å². The third kappa shape index (κ3) is 5.77. The Morgan fingerprint density at radius 1 is 1.22 bits per heavy atom. The molecule has 1 rings (SSSR count). The molecule has 0 aliphatic carbocycles. The molecule has 1 aromatic carbocycles. The normalized spacial score (nSPS) is 10.7. The van der Waals surface area contributed by atoms with Crippen LogP contribution in [0.4, 0.5) is 11.4 Å². The number of hydrogen-bond acceptors (Lipinski definition) is 4. The van der Waals surface area contributed by atoms with Crippen LogP contribution in [0.15, 0.2) is 18.2 Å². The third-order valence-corrected chi connectivity index (χ3v) is 2.60. The Morgan fingerprint density at radius 2 is 2.00 bits per heavy atom. The second-order valence-electron chi connectivity index (χ2n) is 4.66. The lowest BCUT2D eigenvalue weighted by atomic mass is 10.2. The Kier molecular flexibility index (Phi) is 6.36. The summed E-state index contributed by atoms with van der Waals surface area (Å²) in [6.07, 6.45) is 2.34. The molecular formula is C14H25N3O. The number of nitrogens with zero attached hydrogens (tertiary/aromatic N) is 1. The number of hydrogen-bond donors (Lipinski definition) is 2. The van der Waals surface area contributed by atoms with Crippen molar-refractivity contribution in [2.45, 2.75) is 19.8 Å². The van der Waals surface area contributed by atoms with Crippen molar-refractivity contribution in [2.75, 3.05) is 44.8 Å². The molecule has 0 fully saturated rings. The van der Waals surface area contributed by atoms with Crippen LogP contribution in [-0.2, 0) is 0 Å². The van der Waals surface area contributed by atoms with E-state index >= 15 is 0 Å². The van der Waals surface area contributed by atoms with Gasteiger partial charge >= 0.3 is 0 Å². The van der Waals surface area contributed by atoms with E-state index in [0.717, 1.165) is 36.6 Å². The molecule has 0 spiro atoms. The Morgan fingerprint density at radius 3 is 2.67 bits per heavy atom. The zero-order valence-corrected chi connectivity index (χ0v) is 11.7. The Labute approximate surface area is 110 Å². The Hall–Kier alpha value is -1.42. The van der Waals surface area contributed by atoms with Gasteiger partial charge in [-0.05, 0) is 46.5 Å². The summed E-state index contributed by atoms with van der Waals surface area (Å²) in [6.45, 7) is 4.72. The molecule has 0 heterocycles. The predicted octanol–water partition coefficient (Wildman–Crippen LogP) is 2.42. The van der Waals surface area contributed by atoms with Crippen LogP contribution < -0.4 is 15.8 Å². The van der Waals surface area contributed by atoms with Crippen molar-refractivity contribution >= 4 is 11.4 Å².